The van der Waals surface area contributed by atoms with E-state index in [-0.39, 0.29) is 6.03 Å². The zero-order chi connectivity index (χ0) is 16.2. The molecule has 23 heavy (non-hydrogen) atoms. The van der Waals surface area contributed by atoms with E-state index in [0.717, 1.165) is 24.5 Å². The first-order valence-corrected chi connectivity index (χ1v) is 7.46. The molecule has 2 amide bonds. The summed E-state index contributed by atoms with van der Waals surface area (Å²) in [5.41, 5.74) is 1.01. The number of carbonyl (C=O) groups is 1. The molecule has 0 atom stereocenters. The standard InChI is InChI=1S/C15H20N6O2/c1-19-14(4-6-17-19)18-15(22)21-9-7-20(8-10-21)12-3-5-16-11-13(12)23-2/h3-6,11H,7-10H2,1-2H3,(H,18,22). The summed E-state index contributed by atoms with van der Waals surface area (Å²) in [6.07, 6.45) is 5.11. The van der Waals surface area contributed by atoms with Crippen molar-refractivity contribution in [1.82, 2.24) is 19.7 Å². The van der Waals surface area contributed by atoms with E-state index in [4.69, 9.17) is 4.74 Å². The SMILES string of the molecule is COc1cnccc1N1CCN(C(=O)Nc2ccnn2C)CC1. The third kappa shape index (κ3) is 3.20. The van der Waals surface area contributed by atoms with Gasteiger partial charge in [0.15, 0.2) is 5.75 Å². The fraction of sp³-hybridized carbons (Fsp3) is 0.400. The molecule has 0 radical (unpaired) electrons. The molecule has 8 nitrogen and oxygen atoms in total. The van der Waals surface area contributed by atoms with Crippen molar-refractivity contribution in [2.24, 2.45) is 7.05 Å². The quantitative estimate of drug-likeness (QED) is 0.920. The summed E-state index contributed by atoms with van der Waals surface area (Å²) in [5, 5.41) is 6.91. The number of pyridine rings is 1. The number of aryl methyl sites for hydroxylation is 1. The van der Waals surface area contributed by atoms with Crippen LogP contribution in [0.1, 0.15) is 0 Å². The van der Waals surface area contributed by atoms with Crippen LogP contribution in [0.2, 0.25) is 0 Å². The maximum absolute atomic E-state index is 12.3. The van der Waals surface area contributed by atoms with E-state index in [1.165, 1.54) is 0 Å². The summed E-state index contributed by atoms with van der Waals surface area (Å²) in [4.78, 5) is 20.4. The van der Waals surface area contributed by atoms with Gasteiger partial charge in [0.05, 0.1) is 25.2 Å². The van der Waals surface area contributed by atoms with Crippen molar-refractivity contribution in [1.29, 1.82) is 0 Å². The topological polar surface area (TPSA) is 75.5 Å². The van der Waals surface area contributed by atoms with Crippen LogP contribution in [0.4, 0.5) is 16.3 Å². The number of piperazine rings is 1. The fourth-order valence-corrected chi connectivity index (χ4v) is 2.63. The third-order valence-electron chi connectivity index (χ3n) is 3.95. The maximum atomic E-state index is 12.3. The number of urea groups is 1. The molecule has 1 N–H and O–H groups in total. The minimum Gasteiger partial charge on any atom is -0.493 e. The molecule has 1 saturated heterocycles. The Kier molecular flexibility index (Phi) is 4.31. The molecule has 8 heteroatoms. The molecule has 0 unspecified atom stereocenters. The van der Waals surface area contributed by atoms with E-state index in [1.807, 2.05) is 6.07 Å². The lowest BCUT2D eigenvalue weighted by atomic mass is 10.2. The van der Waals surface area contributed by atoms with E-state index in [1.54, 1.807) is 48.4 Å². The Labute approximate surface area is 134 Å². The molecule has 1 fully saturated rings. The number of anilines is 2. The minimum absolute atomic E-state index is 0.102. The molecule has 1 aliphatic heterocycles. The fourth-order valence-electron chi connectivity index (χ4n) is 2.63. The van der Waals surface area contributed by atoms with Gasteiger partial charge < -0.3 is 14.5 Å². The Morgan fingerprint density at radius 2 is 2.00 bits per heavy atom. The molecule has 3 heterocycles. The summed E-state index contributed by atoms with van der Waals surface area (Å²) in [7, 11) is 3.43. The largest absolute Gasteiger partial charge is 0.493 e. The molecule has 2 aromatic heterocycles. The average molecular weight is 316 g/mol. The van der Waals surface area contributed by atoms with Crippen LogP contribution < -0.4 is 15.0 Å². The van der Waals surface area contributed by atoms with Crippen molar-refractivity contribution >= 4 is 17.5 Å². The van der Waals surface area contributed by atoms with Gasteiger partial charge in [0.1, 0.15) is 5.82 Å². The number of carbonyl (C=O) groups excluding carboxylic acids is 1. The number of amides is 2. The Balaban J connectivity index is 1.60. The van der Waals surface area contributed by atoms with Crippen molar-refractivity contribution in [2.45, 2.75) is 0 Å². The minimum atomic E-state index is -0.102. The van der Waals surface area contributed by atoms with Gasteiger partial charge in [0.25, 0.3) is 0 Å². The first-order chi connectivity index (χ1) is 11.2. The van der Waals surface area contributed by atoms with Crippen LogP contribution in [0.25, 0.3) is 0 Å². The van der Waals surface area contributed by atoms with Crippen LogP contribution in [0.3, 0.4) is 0 Å². The van der Waals surface area contributed by atoms with E-state index < -0.39 is 0 Å². The van der Waals surface area contributed by atoms with Gasteiger partial charge in [-0.15, -0.1) is 0 Å². The van der Waals surface area contributed by atoms with E-state index in [9.17, 15) is 4.79 Å². The zero-order valence-corrected chi connectivity index (χ0v) is 13.3. The lowest BCUT2D eigenvalue weighted by molar-refractivity contribution is 0.208. The first kappa shape index (κ1) is 15.1. The summed E-state index contributed by atoms with van der Waals surface area (Å²) in [6.45, 7) is 2.79. The number of ether oxygens (including phenoxy) is 1. The van der Waals surface area contributed by atoms with Crippen molar-refractivity contribution in [2.75, 3.05) is 43.5 Å². The average Bonchev–Trinajstić information content (AvgIpc) is 3.00. The Morgan fingerprint density at radius 1 is 1.22 bits per heavy atom. The highest BCUT2D eigenvalue weighted by atomic mass is 16.5. The predicted molar refractivity (Wildman–Crippen MR) is 86.8 cm³/mol. The number of hydrogen-bond donors (Lipinski definition) is 1. The van der Waals surface area contributed by atoms with Crippen molar-refractivity contribution < 1.29 is 9.53 Å². The van der Waals surface area contributed by atoms with Crippen LogP contribution in [0.5, 0.6) is 5.75 Å². The third-order valence-corrected chi connectivity index (χ3v) is 3.95. The highest BCUT2D eigenvalue weighted by Crippen LogP contribution is 2.27. The lowest BCUT2D eigenvalue weighted by Crippen LogP contribution is -2.50. The molecule has 2 aromatic rings. The Morgan fingerprint density at radius 3 is 2.65 bits per heavy atom. The molecule has 3 rings (SSSR count). The van der Waals surface area contributed by atoms with E-state index in [2.05, 4.69) is 20.3 Å². The second kappa shape index (κ2) is 6.55. The molecule has 0 spiro atoms. The highest BCUT2D eigenvalue weighted by molar-refractivity contribution is 5.88. The molecule has 0 aliphatic carbocycles. The number of nitrogens with zero attached hydrogens (tertiary/aromatic N) is 5. The van der Waals surface area contributed by atoms with Crippen molar-refractivity contribution in [3.05, 3.63) is 30.7 Å². The maximum Gasteiger partial charge on any atom is 0.323 e. The van der Waals surface area contributed by atoms with Crippen molar-refractivity contribution in [3.8, 4) is 5.75 Å². The number of methoxy groups -OCH3 is 1. The van der Waals surface area contributed by atoms with E-state index in [0.29, 0.717) is 18.9 Å². The van der Waals surface area contributed by atoms with Gasteiger partial charge in [-0.05, 0) is 6.07 Å². The van der Waals surface area contributed by atoms with Gasteiger partial charge in [-0.1, -0.05) is 0 Å². The molecular formula is C15H20N6O2. The van der Waals surface area contributed by atoms with Gasteiger partial charge in [0.2, 0.25) is 0 Å². The van der Waals surface area contributed by atoms with Gasteiger partial charge in [0, 0.05) is 45.5 Å². The normalized spacial score (nSPS) is 14.7. The van der Waals surface area contributed by atoms with Gasteiger partial charge in [-0.3, -0.25) is 15.0 Å². The van der Waals surface area contributed by atoms with Gasteiger partial charge in [-0.2, -0.15) is 5.10 Å². The summed E-state index contributed by atoms with van der Waals surface area (Å²) in [5.74, 6) is 1.44. The molecular weight excluding hydrogens is 296 g/mol. The van der Waals surface area contributed by atoms with Crippen LogP contribution in [0, 0.1) is 0 Å². The summed E-state index contributed by atoms with van der Waals surface area (Å²) >= 11 is 0. The van der Waals surface area contributed by atoms with Crippen LogP contribution >= 0.6 is 0 Å². The predicted octanol–water partition coefficient (Wildman–Crippen LogP) is 1.18. The second-order valence-electron chi connectivity index (χ2n) is 5.29. The smallest absolute Gasteiger partial charge is 0.323 e. The van der Waals surface area contributed by atoms with Gasteiger partial charge >= 0.3 is 6.03 Å². The first-order valence-electron chi connectivity index (χ1n) is 7.46. The summed E-state index contributed by atoms with van der Waals surface area (Å²) < 4.78 is 6.98. The van der Waals surface area contributed by atoms with Crippen LogP contribution in [-0.4, -0.2) is 59.0 Å². The number of hydrogen-bond acceptors (Lipinski definition) is 5. The Hall–Kier alpha value is -2.77. The molecule has 0 aromatic carbocycles. The molecule has 122 valence electrons. The lowest BCUT2D eigenvalue weighted by Gasteiger charge is -2.36. The van der Waals surface area contributed by atoms with E-state index >= 15 is 0 Å². The van der Waals surface area contributed by atoms with Crippen molar-refractivity contribution in [3.63, 3.8) is 0 Å². The van der Waals surface area contributed by atoms with Crippen LogP contribution in [0.15, 0.2) is 30.7 Å². The summed E-state index contributed by atoms with van der Waals surface area (Å²) in [6, 6.07) is 3.61. The number of rotatable bonds is 3. The second-order valence-corrected chi connectivity index (χ2v) is 5.29. The van der Waals surface area contributed by atoms with Crippen LogP contribution in [-0.2, 0) is 7.05 Å². The monoisotopic (exact) mass is 316 g/mol. The highest BCUT2D eigenvalue weighted by Gasteiger charge is 2.23. The number of aromatic nitrogens is 3. The molecule has 0 bridgehead atoms. The molecule has 1 aliphatic rings. The Bertz CT molecular complexity index is 678. The zero-order valence-electron chi connectivity index (χ0n) is 13.3. The number of nitrogens with one attached hydrogen (secondary N) is 1. The molecule has 0 saturated carbocycles. The van der Waals surface area contributed by atoms with Gasteiger partial charge in [-0.25, -0.2) is 4.79 Å².